The number of carbonyl (C=O) groups is 2. The number of aromatic nitrogens is 2. The molecule has 6 nitrogen and oxygen atoms in total. The van der Waals surface area contributed by atoms with E-state index in [2.05, 4.69) is 15.3 Å². The lowest BCUT2D eigenvalue weighted by molar-refractivity contribution is -0.109. The van der Waals surface area contributed by atoms with Crippen LogP contribution in [0.4, 0.5) is 5.95 Å². The van der Waals surface area contributed by atoms with E-state index >= 15 is 0 Å². The van der Waals surface area contributed by atoms with E-state index in [4.69, 9.17) is 5.73 Å². The normalized spacial score (nSPS) is 11.8. The maximum atomic E-state index is 10.3. The van der Waals surface area contributed by atoms with E-state index in [-0.39, 0.29) is 0 Å². The van der Waals surface area contributed by atoms with Gasteiger partial charge >= 0.3 is 0 Å². The first-order valence-electron chi connectivity index (χ1n) is 4.98. The monoisotopic (exact) mass is 222 g/mol. The van der Waals surface area contributed by atoms with Crippen LogP contribution in [0.25, 0.3) is 0 Å². The van der Waals surface area contributed by atoms with Crippen molar-refractivity contribution >= 4 is 18.5 Å². The molecule has 1 aromatic rings. The Morgan fingerprint density at radius 3 is 2.62 bits per heavy atom. The van der Waals surface area contributed by atoms with Crippen molar-refractivity contribution in [2.75, 3.05) is 11.9 Å². The van der Waals surface area contributed by atoms with E-state index in [1.807, 2.05) is 0 Å². The van der Waals surface area contributed by atoms with Gasteiger partial charge in [-0.25, -0.2) is 9.97 Å². The highest BCUT2D eigenvalue weighted by Crippen LogP contribution is 1.99. The molecule has 0 radical (unpaired) electrons. The van der Waals surface area contributed by atoms with Gasteiger partial charge in [0.15, 0.2) is 6.29 Å². The summed E-state index contributed by atoms with van der Waals surface area (Å²) in [5, 5.41) is 2.97. The second-order valence-corrected chi connectivity index (χ2v) is 3.33. The number of nitrogens with zero attached hydrogens (tertiary/aromatic N) is 2. The minimum Gasteiger partial charge on any atom is -0.354 e. The minimum atomic E-state index is -0.403. The molecule has 0 aromatic carbocycles. The summed E-state index contributed by atoms with van der Waals surface area (Å²) in [6.45, 7) is 0.641. The zero-order chi connectivity index (χ0) is 11.8. The molecule has 0 bridgehead atoms. The van der Waals surface area contributed by atoms with E-state index in [0.29, 0.717) is 30.8 Å². The molecule has 0 saturated heterocycles. The van der Waals surface area contributed by atoms with Crippen LogP contribution in [-0.4, -0.2) is 35.1 Å². The van der Waals surface area contributed by atoms with Gasteiger partial charge in [-0.15, -0.1) is 0 Å². The summed E-state index contributed by atoms with van der Waals surface area (Å²) in [5.41, 5.74) is 5.86. The van der Waals surface area contributed by atoms with Crippen molar-refractivity contribution in [3.63, 3.8) is 0 Å². The zero-order valence-electron chi connectivity index (χ0n) is 8.80. The molecule has 0 fully saturated rings. The molecule has 1 heterocycles. The van der Waals surface area contributed by atoms with Gasteiger partial charge in [0.2, 0.25) is 5.95 Å². The highest BCUT2D eigenvalue weighted by molar-refractivity contribution is 5.73. The predicted molar refractivity (Wildman–Crippen MR) is 59.2 cm³/mol. The number of hydrogen-bond donors (Lipinski definition) is 2. The van der Waals surface area contributed by atoms with Crippen molar-refractivity contribution in [1.82, 2.24) is 9.97 Å². The summed E-state index contributed by atoms with van der Waals surface area (Å²) < 4.78 is 0. The molecule has 1 rings (SSSR count). The van der Waals surface area contributed by atoms with Crippen LogP contribution in [0.1, 0.15) is 23.2 Å². The average molecular weight is 222 g/mol. The highest BCUT2D eigenvalue weighted by Gasteiger charge is 2.00. The second kappa shape index (κ2) is 6.62. The topological polar surface area (TPSA) is 98.0 Å². The fourth-order valence-corrected chi connectivity index (χ4v) is 1.10. The molecule has 1 aromatic heterocycles. The molecule has 0 spiro atoms. The molecule has 86 valence electrons. The van der Waals surface area contributed by atoms with Crippen LogP contribution >= 0.6 is 0 Å². The van der Waals surface area contributed by atoms with Gasteiger partial charge in [-0.2, -0.15) is 0 Å². The van der Waals surface area contributed by atoms with Crippen LogP contribution in [-0.2, 0) is 4.79 Å². The lowest BCUT2D eigenvalue weighted by atomic mass is 10.2. The lowest BCUT2D eigenvalue weighted by Gasteiger charge is -2.05. The Balaban J connectivity index is 2.26. The van der Waals surface area contributed by atoms with E-state index in [9.17, 15) is 9.59 Å². The van der Waals surface area contributed by atoms with Crippen LogP contribution < -0.4 is 11.1 Å². The Bertz CT molecular complexity index is 339. The summed E-state index contributed by atoms with van der Waals surface area (Å²) in [6, 6.07) is -0.403. The van der Waals surface area contributed by atoms with Crippen molar-refractivity contribution in [3.8, 4) is 0 Å². The molecule has 0 aliphatic heterocycles. The zero-order valence-corrected chi connectivity index (χ0v) is 8.80. The summed E-state index contributed by atoms with van der Waals surface area (Å²) in [5.74, 6) is 0.463. The van der Waals surface area contributed by atoms with Gasteiger partial charge in [0, 0.05) is 18.9 Å². The first-order chi connectivity index (χ1) is 7.76. The first kappa shape index (κ1) is 12.3. The number of nitrogens with one attached hydrogen (secondary N) is 1. The lowest BCUT2D eigenvalue weighted by Crippen LogP contribution is -2.22. The summed E-state index contributed by atoms with van der Waals surface area (Å²) in [7, 11) is 0. The molecule has 16 heavy (non-hydrogen) atoms. The Morgan fingerprint density at radius 1 is 1.38 bits per heavy atom. The van der Waals surface area contributed by atoms with Crippen molar-refractivity contribution < 1.29 is 9.59 Å². The minimum absolute atomic E-state index is 0.403. The quantitative estimate of drug-likeness (QED) is 0.498. The third-order valence-electron chi connectivity index (χ3n) is 1.98. The number of carbonyl (C=O) groups excluding carboxylic acids is 2. The van der Waals surface area contributed by atoms with Crippen LogP contribution in [0.2, 0.25) is 0 Å². The van der Waals surface area contributed by atoms with E-state index in [0.717, 1.165) is 12.7 Å². The van der Waals surface area contributed by atoms with Gasteiger partial charge in [0.25, 0.3) is 0 Å². The maximum absolute atomic E-state index is 10.3. The molecule has 1 atom stereocenters. The number of nitrogens with two attached hydrogens (primary N) is 1. The number of rotatable bonds is 7. The van der Waals surface area contributed by atoms with Crippen LogP contribution in [0, 0.1) is 0 Å². The summed E-state index contributed by atoms with van der Waals surface area (Å²) >= 11 is 0. The van der Waals surface area contributed by atoms with Gasteiger partial charge in [0.05, 0.1) is 11.6 Å². The van der Waals surface area contributed by atoms with Crippen molar-refractivity contribution in [1.29, 1.82) is 0 Å². The largest absolute Gasteiger partial charge is 0.354 e. The molecule has 6 heteroatoms. The van der Waals surface area contributed by atoms with E-state index in [1.165, 1.54) is 12.4 Å². The smallest absolute Gasteiger partial charge is 0.222 e. The maximum Gasteiger partial charge on any atom is 0.222 e. The Kier molecular flexibility index (Phi) is 5.07. The Morgan fingerprint density at radius 2 is 2.06 bits per heavy atom. The third kappa shape index (κ3) is 4.14. The summed E-state index contributed by atoms with van der Waals surface area (Å²) in [4.78, 5) is 28.4. The van der Waals surface area contributed by atoms with Crippen LogP contribution in [0.5, 0.6) is 0 Å². The van der Waals surface area contributed by atoms with Crippen LogP contribution in [0.15, 0.2) is 12.4 Å². The fraction of sp³-hybridized carbons (Fsp3) is 0.400. The predicted octanol–water partition coefficient (Wildman–Crippen LogP) is 0.00740. The van der Waals surface area contributed by atoms with Crippen LogP contribution in [0.3, 0.4) is 0 Å². The molecule has 3 N–H and O–H groups in total. The first-order valence-corrected chi connectivity index (χ1v) is 4.98. The van der Waals surface area contributed by atoms with Gasteiger partial charge in [-0.05, 0) is 12.8 Å². The summed E-state index contributed by atoms with van der Waals surface area (Å²) in [6.07, 6.45) is 5.70. The van der Waals surface area contributed by atoms with Gasteiger partial charge in [-0.3, -0.25) is 4.79 Å². The highest BCUT2D eigenvalue weighted by atomic mass is 16.1. The van der Waals surface area contributed by atoms with Crippen molar-refractivity contribution in [2.45, 2.75) is 18.9 Å². The Labute approximate surface area is 93.3 Å². The average Bonchev–Trinajstić information content (AvgIpc) is 2.35. The standard InChI is InChI=1S/C10H14N4O2/c11-9(7-16)2-1-3-12-10-13-4-8(6-15)5-14-10/h4-7,9H,1-3,11H2,(H,12,13,14). The SMILES string of the molecule is NC(C=O)CCCNc1ncc(C=O)cn1. The molecular formula is C10H14N4O2. The molecule has 0 amide bonds. The van der Waals surface area contributed by atoms with Gasteiger partial charge in [-0.1, -0.05) is 0 Å². The number of hydrogen-bond acceptors (Lipinski definition) is 6. The van der Waals surface area contributed by atoms with Crippen molar-refractivity contribution in [2.24, 2.45) is 5.73 Å². The third-order valence-corrected chi connectivity index (χ3v) is 1.98. The molecule has 0 aliphatic rings. The molecule has 1 unspecified atom stereocenters. The fourth-order valence-electron chi connectivity index (χ4n) is 1.10. The number of anilines is 1. The Hall–Kier alpha value is -1.82. The second-order valence-electron chi connectivity index (χ2n) is 3.33. The number of aldehydes is 2. The van der Waals surface area contributed by atoms with Gasteiger partial charge in [0.1, 0.15) is 6.29 Å². The molecule has 0 aliphatic carbocycles. The van der Waals surface area contributed by atoms with E-state index < -0.39 is 6.04 Å². The molecular weight excluding hydrogens is 208 g/mol. The van der Waals surface area contributed by atoms with E-state index in [1.54, 1.807) is 0 Å². The van der Waals surface area contributed by atoms with Gasteiger partial charge < -0.3 is 15.8 Å². The molecule has 0 saturated carbocycles. The van der Waals surface area contributed by atoms with Crippen molar-refractivity contribution in [3.05, 3.63) is 18.0 Å².